The molecule has 62 valence electrons. The van der Waals surface area contributed by atoms with Crippen LogP contribution in [0, 0.1) is 11.3 Å². The molecule has 0 saturated carbocycles. The van der Waals surface area contributed by atoms with Crippen molar-refractivity contribution in [1.29, 1.82) is 5.26 Å². The third-order valence-electron chi connectivity index (χ3n) is 1.37. The van der Waals surface area contributed by atoms with Crippen LogP contribution in [0.25, 0.3) is 0 Å². The minimum atomic E-state index is -0.429. The molecule has 0 rings (SSSR count). The summed E-state index contributed by atoms with van der Waals surface area (Å²) in [6, 6.07) is 2.00. The molecule has 0 aromatic carbocycles. The molecule has 2 nitrogen and oxygen atoms in total. The average Bonchev–Trinajstić information content (AvgIpc) is 2.01. The summed E-state index contributed by atoms with van der Waals surface area (Å²) >= 11 is 0. The lowest BCUT2D eigenvalue weighted by molar-refractivity contribution is 0.214. The van der Waals surface area contributed by atoms with Crippen molar-refractivity contribution in [2.75, 3.05) is 0 Å². The molecule has 0 aliphatic carbocycles. The summed E-state index contributed by atoms with van der Waals surface area (Å²) in [6.45, 7) is 2.09. The van der Waals surface area contributed by atoms with E-state index in [-0.39, 0.29) is 0 Å². The lowest BCUT2D eigenvalue weighted by atomic mass is 10.2. The van der Waals surface area contributed by atoms with Gasteiger partial charge in [0.15, 0.2) is 0 Å². The lowest BCUT2D eigenvalue weighted by Gasteiger charge is -1.99. The summed E-state index contributed by atoms with van der Waals surface area (Å²) in [5.74, 6) is 0. The topological polar surface area (TPSA) is 44.0 Å². The van der Waals surface area contributed by atoms with Gasteiger partial charge in [-0.15, -0.1) is 0 Å². The lowest BCUT2D eigenvalue weighted by Crippen LogP contribution is -2.00. The average molecular weight is 153 g/mol. The van der Waals surface area contributed by atoms with Crippen LogP contribution in [0.4, 0.5) is 0 Å². The highest BCUT2D eigenvalue weighted by molar-refractivity contribution is 4.89. The molecule has 0 amide bonds. The van der Waals surface area contributed by atoms with Crippen LogP contribution < -0.4 is 0 Å². The van der Waals surface area contributed by atoms with Crippen LogP contribution >= 0.6 is 0 Å². The third kappa shape index (κ3) is 7.08. The van der Waals surface area contributed by atoms with Gasteiger partial charge in [0, 0.05) is 6.42 Å². The summed E-state index contributed by atoms with van der Waals surface area (Å²) < 4.78 is 0. The van der Waals surface area contributed by atoms with Gasteiger partial charge in [-0.25, -0.2) is 0 Å². The molecule has 0 radical (unpaired) electrons. The molecule has 11 heavy (non-hydrogen) atoms. The predicted octanol–water partition coefficient (Wildman–Crippen LogP) is 2.01. The Labute approximate surface area is 68.2 Å². The molecule has 0 aromatic heterocycles. The van der Waals surface area contributed by atoms with E-state index < -0.39 is 6.10 Å². The molecule has 0 aliphatic rings. The van der Waals surface area contributed by atoms with Crippen molar-refractivity contribution < 1.29 is 5.11 Å². The number of aliphatic hydroxyl groups excluding tert-OH is 1. The Morgan fingerprint density at radius 1 is 1.64 bits per heavy atom. The highest BCUT2D eigenvalue weighted by atomic mass is 16.3. The zero-order valence-corrected chi connectivity index (χ0v) is 6.95. The van der Waals surface area contributed by atoms with E-state index in [9.17, 15) is 0 Å². The zero-order valence-electron chi connectivity index (χ0n) is 6.95. The molecule has 0 heterocycles. The summed E-state index contributed by atoms with van der Waals surface area (Å²) in [6.07, 6.45) is 6.38. The number of hydrogen-bond donors (Lipinski definition) is 1. The van der Waals surface area contributed by atoms with Gasteiger partial charge in [-0.3, -0.25) is 0 Å². The molecule has 0 spiro atoms. The van der Waals surface area contributed by atoms with Gasteiger partial charge in [0.2, 0.25) is 0 Å². The minimum Gasteiger partial charge on any atom is -0.389 e. The first kappa shape index (κ1) is 10.2. The van der Waals surface area contributed by atoms with Crippen molar-refractivity contribution in [3.8, 4) is 6.07 Å². The number of rotatable bonds is 5. The Balaban J connectivity index is 3.36. The van der Waals surface area contributed by atoms with Gasteiger partial charge in [0.05, 0.1) is 12.2 Å². The van der Waals surface area contributed by atoms with E-state index in [1.165, 1.54) is 0 Å². The highest BCUT2D eigenvalue weighted by Crippen LogP contribution is 1.99. The fraction of sp³-hybridized carbons (Fsp3) is 0.667. The molecule has 1 N–H and O–H groups in total. The number of aliphatic hydroxyl groups is 1. The van der Waals surface area contributed by atoms with Gasteiger partial charge in [0.25, 0.3) is 0 Å². The van der Waals surface area contributed by atoms with Crippen molar-refractivity contribution in [3.05, 3.63) is 12.2 Å². The fourth-order valence-corrected chi connectivity index (χ4v) is 0.729. The van der Waals surface area contributed by atoms with Crippen molar-refractivity contribution in [2.24, 2.45) is 0 Å². The Hall–Kier alpha value is -0.810. The maximum absolute atomic E-state index is 9.17. The van der Waals surface area contributed by atoms with Gasteiger partial charge in [0.1, 0.15) is 0 Å². The Kier molecular flexibility index (Phi) is 6.76. The van der Waals surface area contributed by atoms with E-state index in [1.807, 2.05) is 12.1 Å². The molecule has 0 aromatic rings. The summed E-state index contributed by atoms with van der Waals surface area (Å²) in [5, 5.41) is 17.4. The number of nitrogens with zero attached hydrogens (tertiary/aromatic N) is 1. The third-order valence-corrected chi connectivity index (χ3v) is 1.37. The Bertz CT molecular complexity index is 146. The quantitative estimate of drug-likeness (QED) is 0.614. The number of allylic oxidation sites excluding steroid dienone is 1. The largest absolute Gasteiger partial charge is 0.389 e. The monoisotopic (exact) mass is 153 g/mol. The summed E-state index contributed by atoms with van der Waals surface area (Å²) in [7, 11) is 0. The smallest absolute Gasteiger partial charge is 0.0730 e. The fourth-order valence-electron chi connectivity index (χ4n) is 0.729. The van der Waals surface area contributed by atoms with Crippen LogP contribution in [0.1, 0.15) is 32.6 Å². The van der Waals surface area contributed by atoms with Gasteiger partial charge >= 0.3 is 0 Å². The first-order valence-electron chi connectivity index (χ1n) is 4.03. The maximum atomic E-state index is 9.17. The van der Waals surface area contributed by atoms with E-state index >= 15 is 0 Å². The van der Waals surface area contributed by atoms with Crippen LogP contribution in [-0.4, -0.2) is 11.2 Å². The highest BCUT2D eigenvalue weighted by Gasteiger charge is 1.95. The van der Waals surface area contributed by atoms with Gasteiger partial charge < -0.3 is 5.11 Å². The van der Waals surface area contributed by atoms with Gasteiger partial charge in [-0.1, -0.05) is 25.5 Å². The normalized spacial score (nSPS) is 13.2. The molecular formula is C9H15NO. The van der Waals surface area contributed by atoms with Crippen molar-refractivity contribution >= 4 is 0 Å². The number of hydrogen-bond acceptors (Lipinski definition) is 2. The molecule has 1 atom stereocenters. The van der Waals surface area contributed by atoms with Crippen LogP contribution in [-0.2, 0) is 0 Å². The van der Waals surface area contributed by atoms with Gasteiger partial charge in [-0.2, -0.15) is 5.26 Å². The second-order valence-electron chi connectivity index (χ2n) is 2.48. The molecule has 0 aliphatic heterocycles. The van der Waals surface area contributed by atoms with Crippen LogP contribution in [0.5, 0.6) is 0 Å². The van der Waals surface area contributed by atoms with Crippen molar-refractivity contribution in [2.45, 2.75) is 38.7 Å². The maximum Gasteiger partial charge on any atom is 0.0730 e. The zero-order chi connectivity index (χ0) is 8.53. The van der Waals surface area contributed by atoms with Crippen LogP contribution in [0.15, 0.2) is 12.2 Å². The molecule has 1 unspecified atom stereocenters. The van der Waals surface area contributed by atoms with E-state index in [4.69, 9.17) is 10.4 Å². The predicted molar refractivity (Wildman–Crippen MR) is 44.9 cm³/mol. The van der Waals surface area contributed by atoms with Crippen LogP contribution in [0.2, 0.25) is 0 Å². The van der Waals surface area contributed by atoms with Crippen molar-refractivity contribution in [1.82, 2.24) is 0 Å². The second kappa shape index (κ2) is 7.30. The molecule has 0 fully saturated rings. The summed E-state index contributed by atoms with van der Waals surface area (Å²) in [4.78, 5) is 0. The van der Waals surface area contributed by atoms with E-state index in [2.05, 4.69) is 6.92 Å². The number of unbranched alkanes of at least 4 members (excludes halogenated alkanes) is 1. The van der Waals surface area contributed by atoms with E-state index in [0.29, 0.717) is 12.8 Å². The first-order valence-corrected chi connectivity index (χ1v) is 4.03. The van der Waals surface area contributed by atoms with Gasteiger partial charge in [-0.05, 0) is 12.8 Å². The summed E-state index contributed by atoms with van der Waals surface area (Å²) in [5.41, 5.74) is 0. The van der Waals surface area contributed by atoms with Crippen LogP contribution in [0.3, 0.4) is 0 Å². The first-order chi connectivity index (χ1) is 5.31. The second-order valence-corrected chi connectivity index (χ2v) is 2.48. The van der Waals surface area contributed by atoms with E-state index in [0.717, 1.165) is 12.8 Å². The molecule has 2 heteroatoms. The number of nitriles is 1. The SMILES string of the molecule is CCCC=CC(O)CCC#N. The van der Waals surface area contributed by atoms with E-state index in [1.54, 1.807) is 6.08 Å². The molecule has 0 saturated heterocycles. The Morgan fingerprint density at radius 2 is 2.36 bits per heavy atom. The minimum absolute atomic E-state index is 0.428. The van der Waals surface area contributed by atoms with Crippen molar-refractivity contribution in [3.63, 3.8) is 0 Å². The Morgan fingerprint density at radius 3 is 2.91 bits per heavy atom. The molecular weight excluding hydrogens is 138 g/mol. The standard InChI is InChI=1S/C9H15NO/c1-2-3-4-6-9(11)7-5-8-10/h4,6,9,11H,2-3,5,7H2,1H3. The molecule has 0 bridgehead atoms.